The zero-order valence-corrected chi connectivity index (χ0v) is 14.4. The normalized spacial score (nSPS) is 14.3. The fraction of sp³-hybridized carbons (Fsp3) is 1.00. The van der Waals surface area contributed by atoms with Crippen LogP contribution in [0.2, 0.25) is 0 Å². The van der Waals surface area contributed by atoms with Gasteiger partial charge in [0.1, 0.15) is 26.0 Å². The minimum atomic E-state index is -0.0328. The molecule has 0 aliphatic heterocycles. The molecule has 0 bridgehead atoms. The van der Waals surface area contributed by atoms with Crippen molar-refractivity contribution in [3.63, 3.8) is 0 Å². The van der Waals surface area contributed by atoms with E-state index in [1.165, 1.54) is 0 Å². The van der Waals surface area contributed by atoms with Crippen molar-refractivity contribution in [1.82, 2.24) is 5.32 Å². The predicted octanol–water partition coefficient (Wildman–Crippen LogP) is 3.63. The molecule has 0 amide bonds. The molecule has 0 saturated heterocycles. The van der Waals surface area contributed by atoms with Gasteiger partial charge in [0, 0.05) is 13.2 Å². The summed E-state index contributed by atoms with van der Waals surface area (Å²) in [4.78, 5) is 0. The fourth-order valence-electron chi connectivity index (χ4n) is 1.83. The van der Waals surface area contributed by atoms with Crippen molar-refractivity contribution in [2.45, 2.75) is 78.7 Å². The van der Waals surface area contributed by atoms with Gasteiger partial charge in [-0.3, -0.25) is 5.32 Å². The van der Waals surface area contributed by atoms with E-state index in [0.717, 1.165) is 51.7 Å². The van der Waals surface area contributed by atoms with E-state index in [1.807, 2.05) is 0 Å². The third-order valence-electron chi connectivity index (χ3n) is 2.88. The van der Waals surface area contributed by atoms with Crippen molar-refractivity contribution in [2.24, 2.45) is 0 Å². The molecule has 0 heterocycles. The Morgan fingerprint density at radius 1 is 0.667 bits per heavy atom. The van der Waals surface area contributed by atoms with Crippen LogP contribution in [0.15, 0.2) is 0 Å². The summed E-state index contributed by atoms with van der Waals surface area (Å²) in [6.45, 7) is 10.6. The molecule has 0 aromatic rings. The fourth-order valence-corrected chi connectivity index (χ4v) is 1.83. The smallest absolute Gasteiger partial charge is 0.148 e. The summed E-state index contributed by atoms with van der Waals surface area (Å²) < 4.78 is 22.2. The van der Waals surface area contributed by atoms with Crippen molar-refractivity contribution >= 4 is 0 Å². The van der Waals surface area contributed by atoms with Crippen LogP contribution < -0.4 is 5.32 Å². The first kappa shape index (κ1) is 20.8. The minimum absolute atomic E-state index is 0.0328. The summed E-state index contributed by atoms with van der Waals surface area (Å²) in [5.41, 5.74) is 0. The molecule has 0 aromatic heterocycles. The zero-order chi connectivity index (χ0) is 15.8. The van der Waals surface area contributed by atoms with Gasteiger partial charge in [-0.2, -0.15) is 0 Å². The highest BCUT2D eigenvalue weighted by molar-refractivity contribution is 4.60. The van der Waals surface area contributed by atoms with E-state index in [0.29, 0.717) is 13.6 Å². The van der Waals surface area contributed by atoms with Gasteiger partial charge in [0.2, 0.25) is 0 Å². The van der Waals surface area contributed by atoms with Crippen molar-refractivity contribution in [3.05, 3.63) is 0 Å². The highest BCUT2D eigenvalue weighted by Crippen LogP contribution is 2.06. The molecule has 0 radical (unpaired) electrons. The molecule has 5 nitrogen and oxygen atoms in total. The van der Waals surface area contributed by atoms with Gasteiger partial charge in [0.25, 0.3) is 0 Å². The third-order valence-corrected chi connectivity index (χ3v) is 2.88. The van der Waals surface area contributed by atoms with Crippen molar-refractivity contribution in [1.29, 1.82) is 0 Å². The van der Waals surface area contributed by atoms with E-state index in [1.54, 1.807) is 0 Å². The van der Waals surface area contributed by atoms with E-state index in [-0.39, 0.29) is 12.5 Å². The molecule has 128 valence electrons. The first-order chi connectivity index (χ1) is 10.3. The summed E-state index contributed by atoms with van der Waals surface area (Å²) in [6, 6.07) is 0. The highest BCUT2D eigenvalue weighted by atomic mass is 16.7. The Hall–Kier alpha value is -0.200. The maximum atomic E-state index is 5.73. The summed E-state index contributed by atoms with van der Waals surface area (Å²) >= 11 is 0. The maximum absolute atomic E-state index is 5.73. The molecular formula is C16H35NO4. The largest absolute Gasteiger partial charge is 0.355 e. The van der Waals surface area contributed by atoms with E-state index < -0.39 is 0 Å². The van der Waals surface area contributed by atoms with Crippen molar-refractivity contribution in [2.75, 3.05) is 26.8 Å². The lowest BCUT2D eigenvalue weighted by Crippen LogP contribution is -2.42. The number of hydrogen-bond acceptors (Lipinski definition) is 5. The highest BCUT2D eigenvalue weighted by Gasteiger charge is 2.15. The predicted molar refractivity (Wildman–Crippen MR) is 84.9 cm³/mol. The Morgan fingerprint density at radius 3 is 1.43 bits per heavy atom. The van der Waals surface area contributed by atoms with Crippen molar-refractivity contribution in [3.8, 4) is 0 Å². The number of ether oxygens (including phenoxy) is 4. The molecule has 1 N–H and O–H groups in total. The maximum Gasteiger partial charge on any atom is 0.148 e. The second kappa shape index (κ2) is 16.2. The van der Waals surface area contributed by atoms with Gasteiger partial charge in [-0.25, -0.2) is 0 Å². The molecule has 0 aliphatic carbocycles. The van der Waals surface area contributed by atoms with Gasteiger partial charge in [-0.05, 0) is 25.7 Å². The van der Waals surface area contributed by atoms with Gasteiger partial charge in [0.15, 0.2) is 0 Å². The summed E-state index contributed by atoms with van der Waals surface area (Å²) in [5.74, 6) is 0. The monoisotopic (exact) mass is 305 g/mol. The van der Waals surface area contributed by atoms with Gasteiger partial charge in [-0.1, -0.05) is 40.5 Å². The quantitative estimate of drug-likeness (QED) is 0.348. The Balaban J connectivity index is 4.04. The van der Waals surface area contributed by atoms with Crippen LogP contribution in [0.25, 0.3) is 0 Å². The average Bonchev–Trinajstić information content (AvgIpc) is 2.48. The molecule has 0 saturated carbocycles. The molecule has 0 fully saturated rings. The van der Waals surface area contributed by atoms with Gasteiger partial charge in [-0.15, -0.1) is 0 Å². The number of rotatable bonds is 16. The van der Waals surface area contributed by atoms with E-state index in [4.69, 9.17) is 18.9 Å². The Kier molecular flexibility index (Phi) is 16.0. The van der Waals surface area contributed by atoms with Crippen LogP contribution in [0.4, 0.5) is 0 Å². The molecule has 0 aromatic carbocycles. The van der Waals surface area contributed by atoms with Crippen LogP contribution in [0, 0.1) is 0 Å². The lowest BCUT2D eigenvalue weighted by molar-refractivity contribution is -0.146. The molecule has 0 aliphatic rings. The van der Waals surface area contributed by atoms with Crippen LogP contribution in [-0.2, 0) is 18.9 Å². The van der Waals surface area contributed by atoms with Crippen LogP contribution >= 0.6 is 0 Å². The molecule has 5 heteroatoms. The van der Waals surface area contributed by atoms with Crippen LogP contribution in [0.5, 0.6) is 0 Å². The first-order valence-electron chi connectivity index (χ1n) is 8.43. The summed E-state index contributed by atoms with van der Waals surface area (Å²) in [6.07, 6.45) is 5.93. The van der Waals surface area contributed by atoms with Crippen molar-refractivity contribution < 1.29 is 18.9 Å². The van der Waals surface area contributed by atoms with Crippen LogP contribution in [0.3, 0.4) is 0 Å². The van der Waals surface area contributed by atoms with Gasteiger partial charge >= 0.3 is 0 Å². The minimum Gasteiger partial charge on any atom is -0.355 e. The standard InChI is InChI=1S/C16H35NO4/c1-5-9-15(20-13-18-11-7-3)17-16(10-6-2)21-14-19-12-8-4/h15-17H,5-14H2,1-4H3. The Bertz CT molecular complexity index is 185. The van der Waals surface area contributed by atoms with E-state index in [2.05, 4.69) is 33.0 Å². The molecular weight excluding hydrogens is 270 g/mol. The van der Waals surface area contributed by atoms with E-state index >= 15 is 0 Å². The first-order valence-corrected chi connectivity index (χ1v) is 8.43. The Labute approximate surface area is 130 Å². The topological polar surface area (TPSA) is 49.0 Å². The average molecular weight is 305 g/mol. The van der Waals surface area contributed by atoms with Gasteiger partial charge in [0.05, 0.1) is 0 Å². The lowest BCUT2D eigenvalue weighted by Gasteiger charge is -2.25. The third kappa shape index (κ3) is 13.2. The summed E-state index contributed by atoms with van der Waals surface area (Å²) in [5, 5.41) is 3.41. The van der Waals surface area contributed by atoms with E-state index in [9.17, 15) is 0 Å². The number of nitrogens with one attached hydrogen (secondary N) is 1. The van der Waals surface area contributed by atoms with Gasteiger partial charge < -0.3 is 18.9 Å². The molecule has 2 atom stereocenters. The second-order valence-electron chi connectivity index (χ2n) is 5.11. The SMILES string of the molecule is CCCOCOC(CCC)NC(CCC)OCOCCC. The summed E-state index contributed by atoms with van der Waals surface area (Å²) in [7, 11) is 0. The molecule has 21 heavy (non-hydrogen) atoms. The van der Waals surface area contributed by atoms with Crippen LogP contribution in [0.1, 0.15) is 66.2 Å². The molecule has 0 rings (SSSR count). The zero-order valence-electron chi connectivity index (χ0n) is 14.4. The Morgan fingerprint density at radius 2 is 1.10 bits per heavy atom. The lowest BCUT2D eigenvalue weighted by atomic mass is 10.2. The van der Waals surface area contributed by atoms with Crippen LogP contribution in [-0.4, -0.2) is 39.3 Å². The molecule has 2 unspecified atom stereocenters. The second-order valence-corrected chi connectivity index (χ2v) is 5.11. The number of hydrogen-bond donors (Lipinski definition) is 1. The molecule has 0 spiro atoms.